The van der Waals surface area contributed by atoms with E-state index in [2.05, 4.69) is 26.1 Å². The lowest BCUT2D eigenvalue weighted by atomic mass is 10.1. The molecule has 0 aliphatic carbocycles. The zero-order valence-corrected chi connectivity index (χ0v) is 7.81. The van der Waals surface area contributed by atoms with E-state index in [1.165, 1.54) is 0 Å². The molecule has 66 valence electrons. The van der Waals surface area contributed by atoms with Gasteiger partial charge in [0.1, 0.15) is 5.72 Å². The molecule has 0 saturated carbocycles. The summed E-state index contributed by atoms with van der Waals surface area (Å²) in [6.45, 7) is 7.55. The number of ether oxygens (including phenoxy) is 1. The van der Waals surface area contributed by atoms with Crippen LogP contribution in [0, 0.1) is 0 Å². The van der Waals surface area contributed by atoms with Gasteiger partial charge in [0.25, 0.3) is 0 Å². The Kier molecular flexibility index (Phi) is 2.90. The Labute approximate surface area is 69.3 Å². The van der Waals surface area contributed by atoms with Gasteiger partial charge in [0.05, 0.1) is 6.10 Å². The predicted octanol–water partition coefficient (Wildman–Crippen LogP) is 1.90. The highest BCUT2D eigenvalue weighted by atomic mass is 16.5. The maximum absolute atomic E-state index is 5.89. The van der Waals surface area contributed by atoms with E-state index in [1.54, 1.807) is 0 Å². The molecule has 2 nitrogen and oxygen atoms in total. The summed E-state index contributed by atoms with van der Waals surface area (Å²) in [6.07, 6.45) is 3.70. The van der Waals surface area contributed by atoms with Gasteiger partial charge in [-0.15, -0.1) is 0 Å². The molecular weight excluding hydrogens is 138 g/mol. The van der Waals surface area contributed by atoms with Crippen molar-refractivity contribution in [2.45, 2.75) is 51.9 Å². The van der Waals surface area contributed by atoms with Crippen molar-refractivity contribution in [3.05, 3.63) is 0 Å². The summed E-state index contributed by atoms with van der Waals surface area (Å²) < 4.78 is 5.89. The minimum atomic E-state index is 0.000671. The van der Waals surface area contributed by atoms with E-state index in [0.29, 0.717) is 6.10 Å². The van der Waals surface area contributed by atoms with Gasteiger partial charge in [0.2, 0.25) is 0 Å². The Bertz CT molecular complexity index is 121. The first-order valence-electron chi connectivity index (χ1n) is 4.69. The number of nitrogens with one attached hydrogen (secondary N) is 1. The van der Waals surface area contributed by atoms with Gasteiger partial charge in [0.15, 0.2) is 0 Å². The van der Waals surface area contributed by atoms with Crippen LogP contribution in [0.1, 0.15) is 40.0 Å². The zero-order valence-electron chi connectivity index (χ0n) is 7.81. The Balaban J connectivity index is 2.48. The molecule has 0 aromatic rings. The zero-order chi connectivity index (χ0) is 8.32. The average molecular weight is 157 g/mol. The van der Waals surface area contributed by atoms with E-state index in [0.717, 1.165) is 25.8 Å². The third kappa shape index (κ3) is 1.74. The van der Waals surface area contributed by atoms with Crippen LogP contribution in [0.25, 0.3) is 0 Å². The maximum Gasteiger partial charge on any atom is 0.119 e. The van der Waals surface area contributed by atoms with Gasteiger partial charge in [-0.05, 0) is 19.3 Å². The molecular formula is C9H19NO. The van der Waals surface area contributed by atoms with Crippen molar-refractivity contribution in [3.8, 4) is 0 Å². The lowest BCUT2D eigenvalue weighted by Gasteiger charge is -2.26. The second kappa shape index (κ2) is 3.55. The fourth-order valence-electron chi connectivity index (χ4n) is 1.60. The molecule has 0 aromatic carbocycles. The highest BCUT2D eigenvalue weighted by molar-refractivity contribution is 4.84. The van der Waals surface area contributed by atoms with Crippen LogP contribution in [0.2, 0.25) is 0 Å². The molecule has 0 bridgehead atoms. The van der Waals surface area contributed by atoms with E-state index in [1.807, 2.05) is 0 Å². The fraction of sp³-hybridized carbons (Fsp3) is 1.00. The summed E-state index contributed by atoms with van der Waals surface area (Å²) >= 11 is 0. The summed E-state index contributed by atoms with van der Waals surface area (Å²) in [5.41, 5.74) is 0.000671. The third-order valence-corrected chi connectivity index (χ3v) is 2.64. The Morgan fingerprint density at radius 2 is 2.00 bits per heavy atom. The van der Waals surface area contributed by atoms with Gasteiger partial charge in [-0.1, -0.05) is 20.8 Å². The summed E-state index contributed by atoms with van der Waals surface area (Å²) in [6, 6.07) is 0. The second-order valence-electron chi connectivity index (χ2n) is 3.23. The normalized spacial score (nSPS) is 29.2. The van der Waals surface area contributed by atoms with Crippen LogP contribution < -0.4 is 5.32 Å². The molecule has 2 heteroatoms. The van der Waals surface area contributed by atoms with Crippen LogP contribution in [0.5, 0.6) is 0 Å². The molecule has 0 radical (unpaired) electrons. The first-order valence-corrected chi connectivity index (χ1v) is 4.69. The summed E-state index contributed by atoms with van der Waals surface area (Å²) in [4.78, 5) is 0. The van der Waals surface area contributed by atoms with Crippen LogP contribution in [-0.4, -0.2) is 18.4 Å². The van der Waals surface area contributed by atoms with Crippen molar-refractivity contribution in [1.82, 2.24) is 5.32 Å². The minimum Gasteiger partial charge on any atom is -0.356 e. The molecule has 1 aliphatic heterocycles. The first-order chi connectivity index (χ1) is 5.26. The summed E-state index contributed by atoms with van der Waals surface area (Å²) in [7, 11) is 0. The molecule has 0 amide bonds. The molecule has 0 aromatic heterocycles. The van der Waals surface area contributed by atoms with Crippen molar-refractivity contribution in [2.75, 3.05) is 6.54 Å². The largest absolute Gasteiger partial charge is 0.356 e. The molecule has 1 unspecified atom stereocenters. The minimum absolute atomic E-state index is 0.000671. The van der Waals surface area contributed by atoms with Crippen molar-refractivity contribution < 1.29 is 4.74 Å². The molecule has 1 aliphatic rings. The van der Waals surface area contributed by atoms with Crippen molar-refractivity contribution in [2.24, 2.45) is 0 Å². The quantitative estimate of drug-likeness (QED) is 0.675. The highest BCUT2D eigenvalue weighted by Crippen LogP contribution is 2.25. The van der Waals surface area contributed by atoms with E-state index < -0.39 is 0 Å². The molecule has 0 spiro atoms. The first kappa shape index (κ1) is 9.01. The summed E-state index contributed by atoms with van der Waals surface area (Å²) in [5, 5.41) is 3.45. The predicted molar refractivity (Wildman–Crippen MR) is 46.5 cm³/mol. The molecule has 1 atom stereocenters. The lowest BCUT2D eigenvalue weighted by Crippen LogP contribution is -2.39. The van der Waals surface area contributed by atoms with Crippen LogP contribution >= 0.6 is 0 Å². The molecule has 1 heterocycles. The smallest absolute Gasteiger partial charge is 0.119 e. The monoisotopic (exact) mass is 157 g/mol. The average Bonchev–Trinajstić information content (AvgIpc) is 2.49. The second-order valence-corrected chi connectivity index (χ2v) is 3.23. The van der Waals surface area contributed by atoms with E-state index >= 15 is 0 Å². The Morgan fingerprint density at radius 1 is 1.36 bits per heavy atom. The van der Waals surface area contributed by atoms with Crippen molar-refractivity contribution in [3.63, 3.8) is 0 Å². The topological polar surface area (TPSA) is 21.3 Å². The molecule has 11 heavy (non-hydrogen) atoms. The van der Waals surface area contributed by atoms with Gasteiger partial charge in [-0.2, -0.15) is 0 Å². The Hall–Kier alpha value is -0.0800. The standard InChI is InChI=1S/C9H19NO/c1-4-8-7-10-9(5-2,6-3)11-8/h8,10H,4-7H2,1-3H3. The summed E-state index contributed by atoms with van der Waals surface area (Å²) in [5.74, 6) is 0. The van der Waals surface area contributed by atoms with E-state index in [9.17, 15) is 0 Å². The van der Waals surface area contributed by atoms with Crippen molar-refractivity contribution in [1.29, 1.82) is 0 Å². The number of rotatable bonds is 3. The van der Waals surface area contributed by atoms with Gasteiger partial charge in [0, 0.05) is 6.54 Å². The molecule has 1 rings (SSSR count). The van der Waals surface area contributed by atoms with E-state index in [4.69, 9.17) is 4.74 Å². The highest BCUT2D eigenvalue weighted by Gasteiger charge is 2.35. The van der Waals surface area contributed by atoms with Crippen LogP contribution in [0.3, 0.4) is 0 Å². The van der Waals surface area contributed by atoms with Crippen molar-refractivity contribution >= 4 is 0 Å². The van der Waals surface area contributed by atoms with Crippen LogP contribution in [-0.2, 0) is 4.74 Å². The van der Waals surface area contributed by atoms with E-state index in [-0.39, 0.29) is 5.72 Å². The number of hydrogen-bond acceptors (Lipinski definition) is 2. The van der Waals surface area contributed by atoms with Gasteiger partial charge < -0.3 is 4.74 Å². The Morgan fingerprint density at radius 3 is 2.27 bits per heavy atom. The van der Waals surface area contributed by atoms with Gasteiger partial charge >= 0.3 is 0 Å². The molecule has 1 fully saturated rings. The lowest BCUT2D eigenvalue weighted by molar-refractivity contribution is -0.0560. The fourth-order valence-corrected chi connectivity index (χ4v) is 1.60. The van der Waals surface area contributed by atoms with Gasteiger partial charge in [-0.3, -0.25) is 5.32 Å². The SMILES string of the molecule is CCC1CNC(CC)(CC)O1. The van der Waals surface area contributed by atoms with Crippen LogP contribution in [0.15, 0.2) is 0 Å². The molecule has 1 saturated heterocycles. The van der Waals surface area contributed by atoms with Gasteiger partial charge in [-0.25, -0.2) is 0 Å². The maximum atomic E-state index is 5.89. The molecule has 1 N–H and O–H groups in total. The van der Waals surface area contributed by atoms with Crippen LogP contribution in [0.4, 0.5) is 0 Å². The third-order valence-electron chi connectivity index (χ3n) is 2.64. The number of hydrogen-bond donors (Lipinski definition) is 1.